The van der Waals surface area contributed by atoms with Crippen molar-refractivity contribution in [3.63, 3.8) is 0 Å². The maximum absolute atomic E-state index is 12.2. The van der Waals surface area contributed by atoms with Gasteiger partial charge >= 0.3 is 0 Å². The van der Waals surface area contributed by atoms with Crippen LogP contribution in [0.5, 0.6) is 5.75 Å². The van der Waals surface area contributed by atoms with E-state index in [9.17, 15) is 4.79 Å². The third-order valence-corrected chi connectivity index (χ3v) is 3.21. The lowest BCUT2D eigenvalue weighted by Gasteiger charge is -2.14. The molecule has 21 heavy (non-hydrogen) atoms. The van der Waals surface area contributed by atoms with E-state index in [1.54, 1.807) is 24.4 Å². The number of benzene rings is 1. The summed E-state index contributed by atoms with van der Waals surface area (Å²) in [5.74, 6) is 0.409. The zero-order valence-electron chi connectivity index (χ0n) is 12.2. The molecule has 0 saturated carbocycles. The van der Waals surface area contributed by atoms with Crippen molar-refractivity contribution in [1.82, 2.24) is 15.5 Å². The van der Waals surface area contributed by atoms with Crippen molar-refractivity contribution in [3.8, 4) is 5.75 Å². The van der Waals surface area contributed by atoms with Gasteiger partial charge in [-0.1, -0.05) is 11.6 Å². The molecule has 0 saturated heterocycles. The number of amides is 1. The van der Waals surface area contributed by atoms with E-state index in [2.05, 4.69) is 15.5 Å². The van der Waals surface area contributed by atoms with Gasteiger partial charge in [0.15, 0.2) is 0 Å². The minimum Gasteiger partial charge on any atom is -0.491 e. The second-order valence-corrected chi connectivity index (χ2v) is 5.42. The molecule has 6 heteroatoms. The van der Waals surface area contributed by atoms with E-state index in [0.717, 1.165) is 5.69 Å². The van der Waals surface area contributed by atoms with Gasteiger partial charge in [-0.25, -0.2) is 0 Å². The molecule has 0 spiro atoms. The smallest absolute Gasteiger partial charge is 0.253 e. The predicted octanol–water partition coefficient (Wildman–Crippen LogP) is 3.34. The highest BCUT2D eigenvalue weighted by Crippen LogP contribution is 2.24. The number of nitrogens with zero attached hydrogens (tertiary/aromatic N) is 1. The predicted molar refractivity (Wildman–Crippen MR) is 81.7 cm³/mol. The fourth-order valence-electron chi connectivity index (χ4n) is 1.89. The van der Waals surface area contributed by atoms with Crippen LogP contribution in [0.3, 0.4) is 0 Å². The molecule has 112 valence electrons. The van der Waals surface area contributed by atoms with Gasteiger partial charge in [0.05, 0.1) is 28.4 Å². The minimum absolute atomic E-state index is 0.0566. The summed E-state index contributed by atoms with van der Waals surface area (Å²) in [6.45, 7) is 5.73. The fraction of sp³-hybridized carbons (Fsp3) is 0.333. The average Bonchev–Trinajstić information content (AvgIpc) is 2.91. The highest BCUT2D eigenvalue weighted by Gasteiger charge is 2.15. The molecule has 2 N–H and O–H groups in total. The molecule has 0 fully saturated rings. The maximum Gasteiger partial charge on any atom is 0.253 e. The van der Waals surface area contributed by atoms with Crippen LogP contribution in [0.4, 0.5) is 0 Å². The molecule has 1 amide bonds. The van der Waals surface area contributed by atoms with Crippen LogP contribution in [0.25, 0.3) is 0 Å². The molecule has 1 aromatic heterocycles. The van der Waals surface area contributed by atoms with E-state index in [1.165, 1.54) is 0 Å². The van der Waals surface area contributed by atoms with Crippen molar-refractivity contribution >= 4 is 17.5 Å². The molecule has 0 aliphatic carbocycles. The van der Waals surface area contributed by atoms with Crippen molar-refractivity contribution in [2.24, 2.45) is 0 Å². The number of carbonyl (C=O) groups is 1. The molecule has 1 atom stereocenters. The lowest BCUT2D eigenvalue weighted by atomic mass is 10.1. The molecule has 2 aromatic rings. The number of hydrogen-bond donors (Lipinski definition) is 2. The van der Waals surface area contributed by atoms with Crippen molar-refractivity contribution in [1.29, 1.82) is 0 Å². The van der Waals surface area contributed by atoms with E-state index < -0.39 is 0 Å². The average molecular weight is 308 g/mol. The summed E-state index contributed by atoms with van der Waals surface area (Å²) >= 11 is 6.16. The number of carbonyl (C=O) groups excluding carboxylic acids is 1. The van der Waals surface area contributed by atoms with Crippen LogP contribution in [0, 0.1) is 0 Å². The van der Waals surface area contributed by atoms with Gasteiger partial charge in [-0.3, -0.25) is 9.89 Å². The molecule has 5 nitrogen and oxygen atoms in total. The van der Waals surface area contributed by atoms with Gasteiger partial charge < -0.3 is 10.1 Å². The Morgan fingerprint density at radius 2 is 2.10 bits per heavy atom. The van der Waals surface area contributed by atoms with Crippen molar-refractivity contribution < 1.29 is 9.53 Å². The summed E-state index contributed by atoms with van der Waals surface area (Å²) in [4.78, 5) is 12.2. The number of rotatable bonds is 5. The molecule has 0 radical (unpaired) electrons. The highest BCUT2D eigenvalue weighted by atomic mass is 35.5. The van der Waals surface area contributed by atoms with E-state index in [-0.39, 0.29) is 18.1 Å². The Morgan fingerprint density at radius 3 is 2.67 bits per heavy atom. The van der Waals surface area contributed by atoms with Crippen molar-refractivity contribution in [3.05, 3.63) is 46.7 Å². The quantitative estimate of drug-likeness (QED) is 0.890. The van der Waals surface area contributed by atoms with Crippen LogP contribution >= 0.6 is 11.6 Å². The normalized spacial score (nSPS) is 12.2. The first kappa shape index (κ1) is 15.4. The number of aromatic amines is 1. The van der Waals surface area contributed by atoms with Crippen LogP contribution in [-0.4, -0.2) is 22.2 Å². The first-order valence-corrected chi connectivity index (χ1v) is 7.11. The zero-order valence-corrected chi connectivity index (χ0v) is 12.9. The van der Waals surface area contributed by atoms with Crippen LogP contribution in [0.15, 0.2) is 30.5 Å². The lowest BCUT2D eigenvalue weighted by Crippen LogP contribution is -2.27. The topological polar surface area (TPSA) is 67.0 Å². The minimum atomic E-state index is -0.238. The Bertz CT molecular complexity index is 611. The van der Waals surface area contributed by atoms with Gasteiger partial charge in [0, 0.05) is 6.20 Å². The van der Waals surface area contributed by atoms with Gasteiger partial charge in [-0.15, -0.1) is 0 Å². The summed E-state index contributed by atoms with van der Waals surface area (Å²) in [6.07, 6.45) is 1.70. The van der Waals surface area contributed by atoms with Crippen LogP contribution in [0.2, 0.25) is 5.02 Å². The molecule has 1 unspecified atom stereocenters. The molecule has 0 aliphatic heterocycles. The summed E-state index contributed by atoms with van der Waals surface area (Å²) in [5, 5.41) is 9.91. The van der Waals surface area contributed by atoms with Crippen LogP contribution in [0.1, 0.15) is 42.9 Å². The Kier molecular flexibility index (Phi) is 4.85. The molecular weight excluding hydrogens is 290 g/mol. The summed E-state index contributed by atoms with van der Waals surface area (Å²) in [7, 11) is 0. The van der Waals surface area contributed by atoms with Crippen LogP contribution in [-0.2, 0) is 0 Å². The molecule has 1 aromatic carbocycles. The van der Waals surface area contributed by atoms with E-state index >= 15 is 0 Å². The SMILES string of the molecule is CC(C)Oc1ccc(C(=O)NC(C)c2ccn[nH]2)c(Cl)c1. The van der Waals surface area contributed by atoms with E-state index in [4.69, 9.17) is 16.3 Å². The maximum atomic E-state index is 12.2. The Morgan fingerprint density at radius 1 is 1.33 bits per heavy atom. The highest BCUT2D eigenvalue weighted by molar-refractivity contribution is 6.34. The Labute approximate surface area is 128 Å². The molecule has 0 bridgehead atoms. The van der Waals surface area contributed by atoms with Gasteiger partial charge in [0.2, 0.25) is 0 Å². The number of ether oxygens (including phenoxy) is 1. The second-order valence-electron chi connectivity index (χ2n) is 5.02. The number of nitrogens with one attached hydrogen (secondary N) is 2. The monoisotopic (exact) mass is 307 g/mol. The molecule has 2 rings (SSSR count). The third kappa shape index (κ3) is 3.98. The Balaban J connectivity index is 2.09. The van der Waals surface area contributed by atoms with Crippen LogP contribution < -0.4 is 10.1 Å². The molecular formula is C15H18ClN3O2. The fourth-order valence-corrected chi connectivity index (χ4v) is 2.14. The second kappa shape index (κ2) is 6.63. The number of halogens is 1. The summed E-state index contributed by atoms with van der Waals surface area (Å²) in [6, 6.07) is 6.68. The Hall–Kier alpha value is -2.01. The van der Waals surface area contributed by atoms with Gasteiger partial charge in [-0.2, -0.15) is 5.10 Å². The first-order valence-electron chi connectivity index (χ1n) is 6.73. The van der Waals surface area contributed by atoms with Gasteiger partial charge in [0.25, 0.3) is 5.91 Å². The van der Waals surface area contributed by atoms with E-state index in [0.29, 0.717) is 16.3 Å². The van der Waals surface area contributed by atoms with Crippen molar-refractivity contribution in [2.75, 3.05) is 0 Å². The third-order valence-electron chi connectivity index (χ3n) is 2.89. The van der Waals surface area contributed by atoms with Crippen molar-refractivity contribution in [2.45, 2.75) is 32.9 Å². The number of H-pyrrole nitrogens is 1. The summed E-state index contributed by atoms with van der Waals surface area (Å²) < 4.78 is 5.54. The number of aromatic nitrogens is 2. The zero-order chi connectivity index (χ0) is 15.4. The standard InChI is InChI=1S/C15H18ClN3O2/c1-9(2)21-11-4-5-12(13(16)8-11)15(20)18-10(3)14-6-7-17-19-14/h4-10H,1-3H3,(H,17,19)(H,18,20). The van der Waals surface area contributed by atoms with Gasteiger partial charge in [0.1, 0.15) is 5.75 Å². The summed E-state index contributed by atoms with van der Waals surface area (Å²) in [5.41, 5.74) is 1.25. The van der Waals surface area contributed by atoms with Gasteiger partial charge in [-0.05, 0) is 45.0 Å². The largest absolute Gasteiger partial charge is 0.491 e. The molecule has 0 aliphatic rings. The number of hydrogen-bond acceptors (Lipinski definition) is 3. The van der Waals surface area contributed by atoms with E-state index in [1.807, 2.05) is 26.8 Å². The molecule has 1 heterocycles. The first-order chi connectivity index (χ1) is 9.97. The lowest BCUT2D eigenvalue weighted by molar-refractivity contribution is 0.0939.